The van der Waals surface area contributed by atoms with Crippen LogP contribution in [0.25, 0.3) is 32.0 Å². The summed E-state index contributed by atoms with van der Waals surface area (Å²) in [6, 6.07) is 21.1. The number of hydrogen-bond acceptors (Lipinski definition) is 2. The Labute approximate surface area is 202 Å². The highest BCUT2D eigenvalue weighted by molar-refractivity contribution is 7.21. The molecule has 1 heterocycles. The van der Waals surface area contributed by atoms with Gasteiger partial charge in [0.15, 0.2) is 6.29 Å². The number of hydrogen-bond donors (Lipinski definition) is 0. The molecule has 0 amide bonds. The largest absolute Gasteiger partial charge is 0.297 e. The standard InChI is InChI=1S/C30H32OSSi/c1-20(2)33(21(3)4,22(5)6)18-17-24-16-15-23-11-7-8-12-25(23)29(24)30-26-13-9-10-14-27(26)32-28(30)19-31/h7-16,19-22H,1-6H3. The molecule has 1 aromatic heterocycles. The molecule has 4 aromatic rings. The Balaban J connectivity index is 2.09. The van der Waals surface area contributed by atoms with Crippen molar-refractivity contribution in [3.63, 3.8) is 0 Å². The van der Waals surface area contributed by atoms with Gasteiger partial charge in [-0.1, -0.05) is 96.0 Å². The monoisotopic (exact) mass is 468 g/mol. The lowest BCUT2D eigenvalue weighted by atomic mass is 9.92. The van der Waals surface area contributed by atoms with Crippen LogP contribution in [0.4, 0.5) is 0 Å². The van der Waals surface area contributed by atoms with Crippen molar-refractivity contribution >= 4 is 46.6 Å². The van der Waals surface area contributed by atoms with E-state index in [0.29, 0.717) is 16.6 Å². The van der Waals surface area contributed by atoms with Crippen molar-refractivity contribution in [3.05, 3.63) is 71.1 Å². The van der Waals surface area contributed by atoms with Crippen LogP contribution < -0.4 is 0 Å². The molecule has 0 radical (unpaired) electrons. The SMILES string of the molecule is CC(C)[Si](C#Cc1ccc2ccccc2c1-c1c(C=O)sc2ccccc12)(C(C)C)C(C)C. The molecule has 0 saturated carbocycles. The third-order valence-electron chi connectivity index (χ3n) is 7.19. The number of aldehydes is 1. The van der Waals surface area contributed by atoms with Crippen molar-refractivity contribution in [1.29, 1.82) is 0 Å². The van der Waals surface area contributed by atoms with Crippen LogP contribution in [0.2, 0.25) is 16.6 Å². The van der Waals surface area contributed by atoms with Gasteiger partial charge in [0.25, 0.3) is 0 Å². The maximum atomic E-state index is 12.2. The van der Waals surface area contributed by atoms with Gasteiger partial charge >= 0.3 is 0 Å². The Morgan fingerprint density at radius 2 is 1.36 bits per heavy atom. The van der Waals surface area contributed by atoms with E-state index in [1.54, 1.807) is 11.3 Å². The number of carbonyl (C=O) groups excluding carboxylic acids is 1. The molecule has 0 atom stereocenters. The van der Waals surface area contributed by atoms with Gasteiger partial charge in [0.1, 0.15) is 8.07 Å². The lowest BCUT2D eigenvalue weighted by molar-refractivity contribution is 0.112. The van der Waals surface area contributed by atoms with E-state index in [1.165, 1.54) is 5.39 Å². The maximum Gasteiger partial charge on any atom is 0.160 e. The summed E-state index contributed by atoms with van der Waals surface area (Å²) in [4.78, 5) is 13.0. The van der Waals surface area contributed by atoms with Gasteiger partial charge in [0.2, 0.25) is 0 Å². The summed E-state index contributed by atoms with van der Waals surface area (Å²) in [6.07, 6.45) is 1.01. The van der Waals surface area contributed by atoms with Crippen LogP contribution in [0.3, 0.4) is 0 Å². The van der Waals surface area contributed by atoms with Gasteiger partial charge in [-0.2, -0.15) is 0 Å². The molecule has 0 aliphatic rings. The Kier molecular flexibility index (Phi) is 6.61. The van der Waals surface area contributed by atoms with E-state index < -0.39 is 8.07 Å². The zero-order chi connectivity index (χ0) is 23.8. The smallest absolute Gasteiger partial charge is 0.160 e. The van der Waals surface area contributed by atoms with E-state index >= 15 is 0 Å². The highest BCUT2D eigenvalue weighted by atomic mass is 32.1. The predicted molar refractivity (Wildman–Crippen MR) is 148 cm³/mol. The number of thiophene rings is 1. The van der Waals surface area contributed by atoms with E-state index in [9.17, 15) is 4.79 Å². The highest BCUT2D eigenvalue weighted by Crippen LogP contribution is 2.44. The first-order chi connectivity index (χ1) is 15.8. The number of rotatable bonds is 5. The minimum absolute atomic E-state index is 0.571. The summed E-state index contributed by atoms with van der Waals surface area (Å²) in [5.41, 5.74) is 8.77. The van der Waals surface area contributed by atoms with Crippen LogP contribution in [0.1, 0.15) is 56.8 Å². The molecule has 0 spiro atoms. The Morgan fingerprint density at radius 3 is 2.00 bits per heavy atom. The quantitative estimate of drug-likeness (QED) is 0.162. The molecule has 1 nitrogen and oxygen atoms in total. The van der Waals surface area contributed by atoms with Gasteiger partial charge in [0.05, 0.1) is 4.88 Å². The summed E-state index contributed by atoms with van der Waals surface area (Å²) in [5, 5.41) is 3.45. The lowest BCUT2D eigenvalue weighted by Gasteiger charge is -2.38. The summed E-state index contributed by atoms with van der Waals surface area (Å²) in [5.74, 6) is 3.70. The van der Waals surface area contributed by atoms with E-state index in [4.69, 9.17) is 0 Å². The van der Waals surface area contributed by atoms with Gasteiger partial charge in [-0.3, -0.25) is 4.79 Å². The minimum Gasteiger partial charge on any atom is -0.297 e. The first-order valence-electron chi connectivity index (χ1n) is 11.8. The second-order valence-corrected chi connectivity index (χ2v) is 16.5. The van der Waals surface area contributed by atoms with Gasteiger partial charge in [-0.25, -0.2) is 0 Å². The van der Waals surface area contributed by atoms with Crippen molar-refractivity contribution in [1.82, 2.24) is 0 Å². The highest BCUT2D eigenvalue weighted by Gasteiger charge is 2.41. The van der Waals surface area contributed by atoms with Crippen molar-refractivity contribution in [2.45, 2.75) is 58.2 Å². The second-order valence-electron chi connectivity index (χ2n) is 9.81. The molecule has 4 rings (SSSR count). The molecular formula is C30H32OSSi. The lowest BCUT2D eigenvalue weighted by Crippen LogP contribution is -2.43. The van der Waals surface area contributed by atoms with Crippen LogP contribution in [0.15, 0.2) is 60.7 Å². The first-order valence-corrected chi connectivity index (χ1v) is 14.9. The molecule has 33 heavy (non-hydrogen) atoms. The normalized spacial score (nSPS) is 12.0. The molecule has 3 heteroatoms. The van der Waals surface area contributed by atoms with Crippen molar-refractivity contribution in [2.75, 3.05) is 0 Å². The Hall–Kier alpha value is -2.67. The first kappa shape index (κ1) is 23.5. The molecule has 0 fully saturated rings. The predicted octanol–water partition coefficient (Wildman–Crippen LogP) is 9.10. The zero-order valence-electron chi connectivity index (χ0n) is 20.4. The Bertz CT molecular complexity index is 1360. The summed E-state index contributed by atoms with van der Waals surface area (Å²) < 4.78 is 1.14. The molecule has 0 aliphatic carbocycles. The average molecular weight is 469 g/mol. The molecule has 0 saturated heterocycles. The molecule has 168 valence electrons. The number of benzene rings is 3. The van der Waals surface area contributed by atoms with Crippen molar-refractivity contribution in [3.8, 4) is 22.6 Å². The fraction of sp³-hybridized carbons (Fsp3) is 0.300. The maximum absolute atomic E-state index is 12.2. The Morgan fingerprint density at radius 1 is 0.758 bits per heavy atom. The van der Waals surface area contributed by atoms with Gasteiger partial charge in [0, 0.05) is 26.8 Å². The zero-order valence-corrected chi connectivity index (χ0v) is 22.2. The van der Waals surface area contributed by atoms with Crippen LogP contribution in [-0.4, -0.2) is 14.4 Å². The molecule has 0 N–H and O–H groups in total. The molecule has 0 bridgehead atoms. The molecule has 0 unspecified atom stereocenters. The van der Waals surface area contributed by atoms with Crippen molar-refractivity contribution < 1.29 is 4.79 Å². The molecule has 3 aromatic carbocycles. The topological polar surface area (TPSA) is 17.1 Å². The molecular weight excluding hydrogens is 436 g/mol. The average Bonchev–Trinajstić information content (AvgIpc) is 3.16. The van der Waals surface area contributed by atoms with Gasteiger partial charge in [-0.05, 0) is 39.5 Å². The van der Waals surface area contributed by atoms with E-state index in [0.717, 1.165) is 43.3 Å². The third kappa shape index (κ3) is 3.96. The number of carbonyl (C=O) groups is 1. The van der Waals surface area contributed by atoms with Crippen LogP contribution in [0.5, 0.6) is 0 Å². The third-order valence-corrected chi connectivity index (χ3v) is 14.6. The summed E-state index contributed by atoms with van der Waals surface area (Å²) in [7, 11) is -1.89. The minimum atomic E-state index is -1.89. The van der Waals surface area contributed by atoms with E-state index in [-0.39, 0.29) is 0 Å². The summed E-state index contributed by atoms with van der Waals surface area (Å²) in [6.45, 7) is 14.1. The molecule has 0 aliphatic heterocycles. The summed E-state index contributed by atoms with van der Waals surface area (Å²) >= 11 is 1.57. The van der Waals surface area contributed by atoms with Crippen LogP contribution >= 0.6 is 11.3 Å². The van der Waals surface area contributed by atoms with Crippen LogP contribution in [0, 0.1) is 11.5 Å². The van der Waals surface area contributed by atoms with Crippen molar-refractivity contribution in [2.24, 2.45) is 0 Å². The van der Waals surface area contributed by atoms with E-state index in [2.05, 4.69) is 108 Å². The van der Waals surface area contributed by atoms with E-state index in [1.807, 2.05) is 6.07 Å². The van der Waals surface area contributed by atoms with Crippen LogP contribution in [-0.2, 0) is 0 Å². The van der Waals surface area contributed by atoms with Gasteiger partial charge in [-0.15, -0.1) is 16.9 Å². The second kappa shape index (κ2) is 9.29. The van der Waals surface area contributed by atoms with Gasteiger partial charge < -0.3 is 0 Å². The fourth-order valence-electron chi connectivity index (χ4n) is 5.66. The number of fused-ring (bicyclic) bond motifs is 2. The fourth-order valence-corrected chi connectivity index (χ4v) is 11.9.